The van der Waals surface area contributed by atoms with E-state index in [2.05, 4.69) is 32.4 Å². The first-order valence-electron chi connectivity index (χ1n) is 12.6. The zero-order valence-corrected chi connectivity index (χ0v) is 21.0. The van der Waals surface area contributed by atoms with Crippen LogP contribution < -0.4 is 10.6 Å². The average molecular weight is 501 g/mol. The monoisotopic (exact) mass is 500 g/mol. The first kappa shape index (κ1) is 26.0. The Labute approximate surface area is 217 Å². The summed E-state index contributed by atoms with van der Waals surface area (Å²) >= 11 is 0. The van der Waals surface area contributed by atoms with Gasteiger partial charge in [-0.3, -0.25) is 4.79 Å². The Bertz CT molecular complexity index is 1230. The van der Waals surface area contributed by atoms with Crippen molar-refractivity contribution in [3.63, 3.8) is 0 Å². The van der Waals surface area contributed by atoms with Crippen molar-refractivity contribution in [2.45, 2.75) is 44.2 Å². The number of aromatic amines is 1. The van der Waals surface area contributed by atoms with E-state index >= 15 is 0 Å². The lowest BCUT2D eigenvalue weighted by molar-refractivity contribution is -0.124. The number of amides is 2. The number of nitrogens with zero attached hydrogens (tertiary/aromatic N) is 1. The summed E-state index contributed by atoms with van der Waals surface area (Å²) < 4.78 is 10.5. The zero-order valence-electron chi connectivity index (χ0n) is 21.0. The van der Waals surface area contributed by atoms with Gasteiger partial charge < -0.3 is 25.1 Å². The molecule has 2 amide bonds. The maximum atomic E-state index is 13.1. The molecular weight excluding hydrogens is 468 g/mol. The Morgan fingerprint density at radius 1 is 1.00 bits per heavy atom. The summed E-state index contributed by atoms with van der Waals surface area (Å²) in [5.74, 6) is 6.71. The molecule has 1 aliphatic rings. The Kier molecular flexibility index (Phi) is 9.33. The molecule has 1 aromatic heterocycles. The third-order valence-electron chi connectivity index (χ3n) is 6.19. The number of aromatic nitrogens is 2. The Morgan fingerprint density at radius 2 is 1.76 bits per heavy atom. The van der Waals surface area contributed by atoms with Gasteiger partial charge in [-0.25, -0.2) is 9.78 Å². The number of imidazole rings is 1. The smallest absolute Gasteiger partial charge is 0.407 e. The molecule has 37 heavy (non-hydrogen) atoms. The number of carbonyl (C=O) groups excluding carboxylic acids is 2. The van der Waals surface area contributed by atoms with E-state index in [0.717, 1.165) is 41.6 Å². The fourth-order valence-electron chi connectivity index (χ4n) is 4.11. The van der Waals surface area contributed by atoms with E-state index in [0.29, 0.717) is 31.9 Å². The van der Waals surface area contributed by atoms with Gasteiger partial charge in [0.25, 0.3) is 0 Å². The molecule has 0 aliphatic carbocycles. The third kappa shape index (κ3) is 7.69. The van der Waals surface area contributed by atoms with E-state index in [-0.39, 0.29) is 5.91 Å². The molecule has 192 valence electrons. The van der Waals surface area contributed by atoms with Gasteiger partial charge in [-0.1, -0.05) is 55.0 Å². The van der Waals surface area contributed by atoms with Gasteiger partial charge in [-0.2, -0.15) is 0 Å². The third-order valence-corrected chi connectivity index (χ3v) is 6.19. The van der Waals surface area contributed by atoms with Crippen molar-refractivity contribution in [3.8, 4) is 23.1 Å². The molecule has 2 aromatic carbocycles. The van der Waals surface area contributed by atoms with Crippen LogP contribution in [0, 0.1) is 11.8 Å². The first-order valence-corrected chi connectivity index (χ1v) is 12.6. The van der Waals surface area contributed by atoms with Crippen LogP contribution in [0.25, 0.3) is 11.3 Å². The van der Waals surface area contributed by atoms with Crippen molar-refractivity contribution < 1.29 is 19.1 Å². The fraction of sp³-hybridized carbons (Fsp3) is 0.345. The van der Waals surface area contributed by atoms with E-state index in [1.165, 1.54) is 7.11 Å². The molecule has 0 radical (unpaired) electrons. The second-order valence-electron chi connectivity index (χ2n) is 8.88. The zero-order chi connectivity index (χ0) is 25.9. The van der Waals surface area contributed by atoms with Gasteiger partial charge in [0.05, 0.1) is 25.0 Å². The maximum absolute atomic E-state index is 13.1. The Morgan fingerprint density at radius 3 is 2.51 bits per heavy atom. The molecule has 0 spiro atoms. The first-order chi connectivity index (χ1) is 18.1. The number of hydrogen-bond acceptors (Lipinski definition) is 5. The normalized spacial score (nSPS) is 18.8. The van der Waals surface area contributed by atoms with Crippen LogP contribution in [-0.4, -0.2) is 48.3 Å². The summed E-state index contributed by atoms with van der Waals surface area (Å²) in [6, 6.07) is 16.7. The SMILES string of the molecule is COC(=O)N[C@H]1CCCCCOCC[C@@H](c2ncc(-c3ccc(C#Cc4ccccc4)cc3)[nH]2)NC1=O. The number of H-pyrrole nitrogens is 1. The predicted molar refractivity (Wildman–Crippen MR) is 141 cm³/mol. The van der Waals surface area contributed by atoms with Gasteiger partial charge >= 0.3 is 6.09 Å². The van der Waals surface area contributed by atoms with Crippen molar-refractivity contribution >= 4 is 12.0 Å². The molecule has 0 saturated carbocycles. The highest BCUT2D eigenvalue weighted by Gasteiger charge is 2.26. The van der Waals surface area contributed by atoms with Crippen LogP contribution in [0.2, 0.25) is 0 Å². The van der Waals surface area contributed by atoms with E-state index in [1.54, 1.807) is 6.20 Å². The van der Waals surface area contributed by atoms with Crippen molar-refractivity contribution in [3.05, 3.63) is 77.7 Å². The molecule has 8 nitrogen and oxygen atoms in total. The molecule has 4 rings (SSSR count). The van der Waals surface area contributed by atoms with Crippen LogP contribution in [-0.2, 0) is 14.3 Å². The van der Waals surface area contributed by atoms with E-state index in [9.17, 15) is 9.59 Å². The fourth-order valence-corrected chi connectivity index (χ4v) is 4.11. The highest BCUT2D eigenvalue weighted by molar-refractivity contribution is 5.85. The lowest BCUT2D eigenvalue weighted by Gasteiger charge is -2.23. The van der Waals surface area contributed by atoms with E-state index in [1.807, 2.05) is 54.6 Å². The summed E-state index contributed by atoms with van der Waals surface area (Å²) in [5, 5.41) is 5.69. The molecule has 2 heterocycles. The van der Waals surface area contributed by atoms with Gasteiger partial charge in [0.2, 0.25) is 5.91 Å². The van der Waals surface area contributed by atoms with Gasteiger partial charge in [-0.15, -0.1) is 0 Å². The van der Waals surface area contributed by atoms with E-state index < -0.39 is 18.2 Å². The number of alkyl carbamates (subject to hydrolysis) is 1. The Balaban J connectivity index is 1.47. The summed E-state index contributed by atoms with van der Waals surface area (Å²) in [6.07, 6.45) is 4.85. The number of nitrogens with one attached hydrogen (secondary N) is 3. The molecule has 1 saturated heterocycles. The molecule has 8 heteroatoms. The highest BCUT2D eigenvalue weighted by Crippen LogP contribution is 2.22. The molecular formula is C29H32N4O4. The molecule has 3 N–H and O–H groups in total. The molecule has 0 bridgehead atoms. The van der Waals surface area contributed by atoms with Crippen molar-refractivity contribution in [2.75, 3.05) is 20.3 Å². The van der Waals surface area contributed by atoms with Crippen molar-refractivity contribution in [1.29, 1.82) is 0 Å². The van der Waals surface area contributed by atoms with Crippen LogP contribution in [0.3, 0.4) is 0 Å². The average Bonchev–Trinajstić information content (AvgIpc) is 3.42. The minimum Gasteiger partial charge on any atom is -0.453 e. The lowest BCUT2D eigenvalue weighted by Crippen LogP contribution is -2.48. The van der Waals surface area contributed by atoms with Crippen LogP contribution >= 0.6 is 0 Å². The van der Waals surface area contributed by atoms with E-state index in [4.69, 9.17) is 9.47 Å². The van der Waals surface area contributed by atoms with Crippen molar-refractivity contribution in [2.24, 2.45) is 0 Å². The maximum Gasteiger partial charge on any atom is 0.407 e. The number of hydrogen-bond donors (Lipinski definition) is 3. The minimum absolute atomic E-state index is 0.268. The second-order valence-corrected chi connectivity index (χ2v) is 8.88. The molecule has 2 atom stereocenters. The van der Waals surface area contributed by atoms with Crippen LogP contribution in [0.15, 0.2) is 60.8 Å². The summed E-state index contributed by atoms with van der Waals surface area (Å²) in [7, 11) is 1.29. The van der Waals surface area contributed by atoms with Crippen LogP contribution in [0.4, 0.5) is 4.79 Å². The summed E-state index contributed by atoms with van der Waals surface area (Å²) in [4.78, 5) is 32.8. The summed E-state index contributed by atoms with van der Waals surface area (Å²) in [5.41, 5.74) is 3.69. The minimum atomic E-state index is -0.672. The number of rotatable bonds is 3. The van der Waals surface area contributed by atoms with Gasteiger partial charge in [-0.05, 0) is 49.1 Å². The van der Waals surface area contributed by atoms with Gasteiger partial charge in [0, 0.05) is 24.3 Å². The molecule has 3 aromatic rings. The topological polar surface area (TPSA) is 105 Å². The second kappa shape index (κ2) is 13.3. The van der Waals surface area contributed by atoms with Gasteiger partial charge in [0.1, 0.15) is 11.9 Å². The standard InChI is InChI=1S/C29H32N4O4/c1-36-29(35)33-25-10-6-3-7-18-37-19-17-24(32-28(25)34)27-30-20-26(31-27)23-15-13-22(14-16-23)12-11-21-8-4-2-5-9-21/h2,4-5,8-9,13-16,20,24-25H,3,6-7,10,17-19H2,1H3,(H,30,31)(H,32,34)(H,33,35)/t24-,25-/m0/s1. The largest absolute Gasteiger partial charge is 0.453 e. The van der Waals surface area contributed by atoms with Crippen LogP contribution in [0.5, 0.6) is 0 Å². The van der Waals surface area contributed by atoms with Gasteiger partial charge in [0.15, 0.2) is 0 Å². The number of benzene rings is 2. The number of ether oxygens (including phenoxy) is 2. The highest BCUT2D eigenvalue weighted by atomic mass is 16.5. The van der Waals surface area contributed by atoms with Crippen molar-refractivity contribution in [1.82, 2.24) is 20.6 Å². The lowest BCUT2D eigenvalue weighted by atomic mass is 10.1. The predicted octanol–water partition coefficient (Wildman–Crippen LogP) is 4.34. The Hall–Kier alpha value is -4.09. The molecule has 1 fully saturated rings. The quantitative estimate of drug-likeness (QED) is 0.464. The molecule has 1 aliphatic heterocycles. The summed E-state index contributed by atoms with van der Waals surface area (Å²) in [6.45, 7) is 1.16. The number of carbonyl (C=O) groups is 2. The molecule has 0 unspecified atom stereocenters. The van der Waals surface area contributed by atoms with Crippen LogP contribution in [0.1, 0.15) is 55.1 Å². The number of methoxy groups -OCH3 is 1.